The number of methoxy groups -OCH3 is 1. The molecule has 2 rings (SSSR count). The van der Waals surface area contributed by atoms with Gasteiger partial charge in [0.05, 0.1) is 19.7 Å². The molecule has 0 aliphatic heterocycles. The summed E-state index contributed by atoms with van der Waals surface area (Å²) in [4.78, 5) is 0. The average molecular weight is 294 g/mol. The summed E-state index contributed by atoms with van der Waals surface area (Å²) < 4.78 is 42.2. The first-order chi connectivity index (χ1) is 9.96. The molecule has 0 aromatic heterocycles. The third-order valence-corrected chi connectivity index (χ3v) is 3.08. The van der Waals surface area contributed by atoms with E-state index in [4.69, 9.17) is 10.00 Å². The van der Waals surface area contributed by atoms with Gasteiger partial charge in [0.15, 0.2) is 0 Å². The first kappa shape index (κ1) is 15.1. The minimum absolute atomic E-state index is 0.498. The molecule has 2 aromatic carbocycles. The number of ether oxygens (including phenoxy) is 1. The fourth-order valence-corrected chi connectivity index (χ4v) is 2.17. The molecular formula is C15H13F3N2O. The summed E-state index contributed by atoms with van der Waals surface area (Å²) in [6.07, 6.45) is -4.36. The zero-order valence-electron chi connectivity index (χ0n) is 11.2. The molecule has 1 unspecified atom stereocenters. The van der Waals surface area contributed by atoms with Gasteiger partial charge in [0.1, 0.15) is 11.8 Å². The molecule has 3 nitrogen and oxygen atoms in total. The van der Waals surface area contributed by atoms with Gasteiger partial charge in [-0.15, -0.1) is 0 Å². The number of alkyl halides is 3. The maximum absolute atomic E-state index is 12.3. The van der Waals surface area contributed by atoms with Crippen LogP contribution < -0.4 is 10.1 Å². The van der Waals surface area contributed by atoms with Crippen LogP contribution in [0.25, 0.3) is 10.8 Å². The van der Waals surface area contributed by atoms with E-state index in [9.17, 15) is 13.2 Å². The average Bonchev–Trinajstić information content (AvgIpc) is 2.46. The molecular weight excluding hydrogens is 281 g/mol. The quantitative estimate of drug-likeness (QED) is 0.937. The molecule has 0 aliphatic rings. The van der Waals surface area contributed by atoms with E-state index in [1.807, 2.05) is 6.07 Å². The van der Waals surface area contributed by atoms with E-state index in [2.05, 4.69) is 5.32 Å². The monoisotopic (exact) mass is 294 g/mol. The van der Waals surface area contributed by atoms with Crippen LogP contribution in [-0.2, 0) is 0 Å². The van der Waals surface area contributed by atoms with E-state index >= 15 is 0 Å². The molecule has 0 saturated carbocycles. The molecule has 0 saturated heterocycles. The van der Waals surface area contributed by atoms with Crippen LogP contribution >= 0.6 is 0 Å². The highest BCUT2D eigenvalue weighted by atomic mass is 19.4. The van der Waals surface area contributed by atoms with Crippen molar-refractivity contribution in [1.29, 1.82) is 5.26 Å². The summed E-state index contributed by atoms with van der Waals surface area (Å²) in [7, 11) is 1.52. The summed E-state index contributed by atoms with van der Waals surface area (Å²) in [5.41, 5.74) is 0.498. The topological polar surface area (TPSA) is 45.0 Å². The Morgan fingerprint density at radius 3 is 2.43 bits per heavy atom. The Kier molecular flexibility index (Phi) is 4.34. The number of nitrogens with one attached hydrogen (secondary N) is 1. The van der Waals surface area contributed by atoms with Gasteiger partial charge in [0.2, 0.25) is 0 Å². The Bertz CT molecular complexity index is 677. The second-order valence-corrected chi connectivity index (χ2v) is 4.46. The minimum atomic E-state index is -4.36. The van der Waals surface area contributed by atoms with Gasteiger partial charge >= 0.3 is 6.18 Å². The maximum atomic E-state index is 12.3. The number of hydrogen-bond acceptors (Lipinski definition) is 3. The Hall–Kier alpha value is -2.26. The second kappa shape index (κ2) is 6.02. The number of hydrogen-bond donors (Lipinski definition) is 1. The number of benzene rings is 2. The molecule has 0 heterocycles. The van der Waals surface area contributed by atoms with Crippen molar-refractivity contribution in [3.8, 4) is 11.8 Å². The van der Waals surface area contributed by atoms with Gasteiger partial charge < -0.3 is 4.74 Å². The lowest BCUT2D eigenvalue weighted by Crippen LogP contribution is -2.31. The lowest BCUT2D eigenvalue weighted by Gasteiger charge is -2.17. The molecule has 2 aromatic rings. The Morgan fingerprint density at radius 2 is 1.86 bits per heavy atom. The molecule has 0 amide bonds. The van der Waals surface area contributed by atoms with E-state index in [-0.39, 0.29) is 0 Å². The molecule has 0 radical (unpaired) electrons. The molecule has 6 heteroatoms. The third kappa shape index (κ3) is 3.44. The van der Waals surface area contributed by atoms with E-state index in [1.165, 1.54) is 7.11 Å². The zero-order chi connectivity index (χ0) is 15.5. The number of rotatable bonds is 4. The Balaban J connectivity index is 2.43. The van der Waals surface area contributed by atoms with Gasteiger partial charge in [-0.1, -0.05) is 30.3 Å². The lowest BCUT2D eigenvalue weighted by atomic mass is 9.98. The highest BCUT2D eigenvalue weighted by Crippen LogP contribution is 2.31. The molecule has 0 aliphatic carbocycles. The summed E-state index contributed by atoms with van der Waals surface area (Å²) >= 11 is 0. The molecule has 1 N–H and O–H groups in total. The highest BCUT2D eigenvalue weighted by molar-refractivity contribution is 5.91. The van der Waals surface area contributed by atoms with E-state index in [1.54, 1.807) is 36.4 Å². The van der Waals surface area contributed by atoms with Gasteiger partial charge in [-0.05, 0) is 17.0 Å². The van der Waals surface area contributed by atoms with Crippen molar-refractivity contribution >= 4 is 10.8 Å². The largest absolute Gasteiger partial charge is 0.496 e. The zero-order valence-corrected chi connectivity index (χ0v) is 11.2. The first-order valence-electron chi connectivity index (χ1n) is 6.21. The van der Waals surface area contributed by atoms with Crippen LogP contribution in [0.1, 0.15) is 11.6 Å². The van der Waals surface area contributed by atoms with Crippen molar-refractivity contribution < 1.29 is 17.9 Å². The number of fused-ring (bicyclic) bond motifs is 1. The van der Waals surface area contributed by atoms with Crippen molar-refractivity contribution in [2.24, 2.45) is 0 Å². The van der Waals surface area contributed by atoms with E-state index in [0.29, 0.717) is 16.7 Å². The molecule has 110 valence electrons. The fourth-order valence-electron chi connectivity index (χ4n) is 2.17. The predicted molar refractivity (Wildman–Crippen MR) is 72.9 cm³/mol. The molecule has 0 bridgehead atoms. The smallest absolute Gasteiger partial charge is 0.401 e. The van der Waals surface area contributed by atoms with Crippen LogP contribution in [0.2, 0.25) is 0 Å². The van der Waals surface area contributed by atoms with Gasteiger partial charge in [-0.2, -0.15) is 18.4 Å². The summed E-state index contributed by atoms with van der Waals surface area (Å²) in [5.74, 6) is 0.613. The lowest BCUT2D eigenvalue weighted by molar-refractivity contribution is -0.125. The second-order valence-electron chi connectivity index (χ2n) is 4.46. The Morgan fingerprint density at radius 1 is 1.19 bits per heavy atom. The molecule has 1 atom stereocenters. The van der Waals surface area contributed by atoms with Crippen molar-refractivity contribution in [2.75, 3.05) is 13.7 Å². The van der Waals surface area contributed by atoms with Crippen LogP contribution in [0.4, 0.5) is 13.2 Å². The van der Waals surface area contributed by atoms with Crippen LogP contribution in [0.3, 0.4) is 0 Å². The van der Waals surface area contributed by atoms with Crippen LogP contribution in [0.15, 0.2) is 36.4 Å². The van der Waals surface area contributed by atoms with Crippen LogP contribution in [0.5, 0.6) is 5.75 Å². The number of nitriles is 1. The van der Waals surface area contributed by atoms with Crippen LogP contribution in [0, 0.1) is 11.3 Å². The highest BCUT2D eigenvalue weighted by Gasteiger charge is 2.29. The van der Waals surface area contributed by atoms with Gasteiger partial charge in [-0.3, -0.25) is 5.32 Å². The van der Waals surface area contributed by atoms with Crippen LogP contribution in [-0.4, -0.2) is 19.8 Å². The SMILES string of the molecule is COc1ccc(C(C#N)NCC(F)(F)F)c2ccccc12. The van der Waals surface area contributed by atoms with Gasteiger partial charge in [0.25, 0.3) is 0 Å². The standard InChI is InChI=1S/C15H13F3N2O/c1-21-14-7-6-11(10-4-2-3-5-12(10)14)13(8-19)20-9-15(16,17)18/h2-7,13,20H,9H2,1H3. The Labute approximate surface area is 119 Å². The summed E-state index contributed by atoms with van der Waals surface area (Å²) in [6, 6.07) is 11.2. The normalized spacial score (nSPS) is 12.9. The fraction of sp³-hybridized carbons (Fsp3) is 0.267. The predicted octanol–water partition coefficient (Wildman–Crippen LogP) is 3.56. The molecule has 0 spiro atoms. The van der Waals surface area contributed by atoms with Crippen molar-refractivity contribution in [1.82, 2.24) is 5.32 Å². The van der Waals surface area contributed by atoms with Gasteiger partial charge in [0, 0.05) is 5.39 Å². The van der Waals surface area contributed by atoms with E-state index in [0.717, 1.165) is 5.39 Å². The molecule has 21 heavy (non-hydrogen) atoms. The van der Waals surface area contributed by atoms with Crippen molar-refractivity contribution in [3.05, 3.63) is 42.0 Å². The first-order valence-corrected chi connectivity index (χ1v) is 6.21. The van der Waals surface area contributed by atoms with Crippen molar-refractivity contribution in [2.45, 2.75) is 12.2 Å². The summed E-state index contributed by atoms with van der Waals surface area (Å²) in [5, 5.41) is 12.8. The van der Waals surface area contributed by atoms with Crippen molar-refractivity contribution in [3.63, 3.8) is 0 Å². The molecule has 0 fully saturated rings. The minimum Gasteiger partial charge on any atom is -0.496 e. The summed E-state index contributed by atoms with van der Waals surface area (Å²) in [6.45, 7) is -1.22. The maximum Gasteiger partial charge on any atom is 0.401 e. The van der Waals surface area contributed by atoms with E-state index < -0.39 is 18.8 Å². The number of nitrogens with zero attached hydrogens (tertiary/aromatic N) is 1. The third-order valence-electron chi connectivity index (χ3n) is 3.08. The number of halogens is 3. The van der Waals surface area contributed by atoms with Gasteiger partial charge in [-0.25, -0.2) is 0 Å².